The van der Waals surface area contributed by atoms with Crippen molar-refractivity contribution in [2.45, 2.75) is 19.9 Å². The standard InChI is InChI=1S/C13H16N4S/c1-6-7(2)18-13-10(6)12(15-5-16-13)17-11-8-3-14-4-9(8)11/h5,8-9,11,14H,3-4H2,1-2H3,(H,15,16,17). The molecule has 1 aliphatic heterocycles. The van der Waals surface area contributed by atoms with Crippen LogP contribution in [-0.2, 0) is 0 Å². The van der Waals surface area contributed by atoms with E-state index in [0.29, 0.717) is 6.04 Å². The Morgan fingerprint density at radius 3 is 2.83 bits per heavy atom. The van der Waals surface area contributed by atoms with Gasteiger partial charge in [0, 0.05) is 24.0 Å². The van der Waals surface area contributed by atoms with E-state index in [1.807, 2.05) is 0 Å². The number of aryl methyl sites for hydroxylation is 2. The number of piperidine rings is 1. The maximum Gasteiger partial charge on any atom is 0.138 e. The molecule has 2 aromatic heterocycles. The Bertz CT molecular complexity index is 611. The molecule has 0 amide bonds. The first-order chi connectivity index (χ1) is 8.75. The monoisotopic (exact) mass is 260 g/mol. The van der Waals surface area contributed by atoms with Gasteiger partial charge < -0.3 is 10.6 Å². The zero-order valence-corrected chi connectivity index (χ0v) is 11.3. The van der Waals surface area contributed by atoms with Crippen molar-refractivity contribution in [1.82, 2.24) is 15.3 Å². The zero-order valence-electron chi connectivity index (χ0n) is 10.5. The van der Waals surface area contributed by atoms with Crippen LogP contribution in [-0.4, -0.2) is 29.1 Å². The van der Waals surface area contributed by atoms with Gasteiger partial charge in [0.1, 0.15) is 17.0 Å². The lowest BCUT2D eigenvalue weighted by Crippen LogP contribution is -2.21. The van der Waals surface area contributed by atoms with Crippen LogP contribution in [0.3, 0.4) is 0 Å². The van der Waals surface area contributed by atoms with Crippen LogP contribution in [0, 0.1) is 25.7 Å². The van der Waals surface area contributed by atoms with Crippen molar-refractivity contribution in [3.8, 4) is 0 Å². The second kappa shape index (κ2) is 3.65. The summed E-state index contributed by atoms with van der Waals surface area (Å²) in [4.78, 5) is 11.3. The van der Waals surface area contributed by atoms with Crippen molar-refractivity contribution in [3.05, 3.63) is 16.8 Å². The Morgan fingerprint density at radius 2 is 2.06 bits per heavy atom. The second-order valence-corrected chi connectivity index (χ2v) is 6.54. The van der Waals surface area contributed by atoms with Gasteiger partial charge >= 0.3 is 0 Å². The van der Waals surface area contributed by atoms with Crippen molar-refractivity contribution in [1.29, 1.82) is 0 Å². The number of fused-ring (bicyclic) bond motifs is 2. The van der Waals surface area contributed by atoms with Crippen molar-refractivity contribution in [2.24, 2.45) is 11.8 Å². The van der Waals surface area contributed by atoms with Gasteiger partial charge in [-0.2, -0.15) is 0 Å². The average Bonchev–Trinajstić information content (AvgIpc) is 2.75. The summed E-state index contributed by atoms with van der Waals surface area (Å²) in [6.45, 7) is 6.62. The number of rotatable bonds is 2. The molecule has 94 valence electrons. The largest absolute Gasteiger partial charge is 0.366 e. The molecule has 1 saturated carbocycles. The fraction of sp³-hybridized carbons (Fsp3) is 0.538. The predicted molar refractivity (Wildman–Crippen MR) is 74.1 cm³/mol. The van der Waals surface area contributed by atoms with E-state index < -0.39 is 0 Å². The van der Waals surface area contributed by atoms with Crippen LogP contribution in [0.1, 0.15) is 10.4 Å². The van der Waals surface area contributed by atoms with Crippen LogP contribution in [0.2, 0.25) is 0 Å². The number of hydrogen-bond acceptors (Lipinski definition) is 5. The first-order valence-corrected chi connectivity index (χ1v) is 7.25. The summed E-state index contributed by atoms with van der Waals surface area (Å²) >= 11 is 1.76. The summed E-state index contributed by atoms with van der Waals surface area (Å²) in [5.41, 5.74) is 1.32. The third kappa shape index (κ3) is 1.40. The fourth-order valence-corrected chi connectivity index (χ4v) is 4.08. The molecule has 0 bridgehead atoms. The lowest BCUT2D eigenvalue weighted by molar-refractivity contribution is 0.696. The maximum absolute atomic E-state index is 4.45. The van der Waals surface area contributed by atoms with Crippen molar-refractivity contribution in [3.63, 3.8) is 0 Å². The molecule has 2 aromatic rings. The minimum Gasteiger partial charge on any atom is -0.366 e. The van der Waals surface area contributed by atoms with Gasteiger partial charge in [-0.05, 0) is 31.2 Å². The molecule has 2 unspecified atom stereocenters. The van der Waals surface area contributed by atoms with Crippen LogP contribution in [0.5, 0.6) is 0 Å². The third-order valence-electron chi connectivity index (χ3n) is 4.36. The number of anilines is 1. The van der Waals surface area contributed by atoms with Gasteiger partial charge in [-0.25, -0.2) is 9.97 Å². The van der Waals surface area contributed by atoms with Crippen molar-refractivity contribution < 1.29 is 0 Å². The minimum atomic E-state index is 0.615. The Labute approximate surface area is 110 Å². The van der Waals surface area contributed by atoms with E-state index >= 15 is 0 Å². The number of aromatic nitrogens is 2. The highest BCUT2D eigenvalue weighted by molar-refractivity contribution is 7.18. The molecule has 4 rings (SSSR count). The van der Waals surface area contributed by atoms with Crippen LogP contribution in [0.15, 0.2) is 6.33 Å². The van der Waals surface area contributed by atoms with Gasteiger partial charge in [0.25, 0.3) is 0 Å². The molecule has 0 spiro atoms. The number of nitrogens with one attached hydrogen (secondary N) is 2. The molecule has 4 nitrogen and oxygen atoms in total. The molecule has 1 saturated heterocycles. The Hall–Kier alpha value is -1.20. The maximum atomic E-state index is 4.45. The van der Waals surface area contributed by atoms with Crippen molar-refractivity contribution in [2.75, 3.05) is 18.4 Å². The first-order valence-electron chi connectivity index (χ1n) is 6.43. The SMILES string of the molecule is Cc1sc2ncnc(NC3C4CNCC43)c2c1C. The zero-order chi connectivity index (χ0) is 12.3. The highest BCUT2D eigenvalue weighted by Crippen LogP contribution is 2.44. The quantitative estimate of drug-likeness (QED) is 0.866. The molecule has 2 fully saturated rings. The predicted octanol–water partition coefficient (Wildman–Crippen LogP) is 1.94. The molecule has 18 heavy (non-hydrogen) atoms. The van der Waals surface area contributed by atoms with Gasteiger partial charge in [0.2, 0.25) is 0 Å². The van der Waals surface area contributed by atoms with Gasteiger partial charge in [-0.3, -0.25) is 0 Å². The summed E-state index contributed by atoms with van der Waals surface area (Å²) in [6, 6.07) is 0.615. The normalized spacial score (nSPS) is 29.6. The fourth-order valence-electron chi connectivity index (χ4n) is 3.08. The van der Waals surface area contributed by atoms with Crippen LogP contribution < -0.4 is 10.6 Å². The van der Waals surface area contributed by atoms with Gasteiger partial charge in [-0.1, -0.05) is 0 Å². The Kier molecular flexibility index (Phi) is 2.17. The van der Waals surface area contributed by atoms with Crippen LogP contribution in [0.4, 0.5) is 5.82 Å². The first kappa shape index (κ1) is 10.7. The molecule has 5 heteroatoms. The molecule has 0 radical (unpaired) electrons. The molecule has 3 heterocycles. The van der Waals surface area contributed by atoms with E-state index in [1.54, 1.807) is 17.7 Å². The Morgan fingerprint density at radius 1 is 1.28 bits per heavy atom. The lowest BCUT2D eigenvalue weighted by Gasteiger charge is -2.09. The number of hydrogen-bond donors (Lipinski definition) is 2. The molecular formula is C13H16N4S. The van der Waals surface area contributed by atoms with E-state index in [2.05, 4.69) is 34.4 Å². The van der Waals surface area contributed by atoms with E-state index in [-0.39, 0.29) is 0 Å². The summed E-state index contributed by atoms with van der Waals surface area (Å²) in [6.07, 6.45) is 1.68. The van der Waals surface area contributed by atoms with Crippen molar-refractivity contribution >= 4 is 27.4 Å². The average molecular weight is 260 g/mol. The second-order valence-electron chi connectivity index (χ2n) is 5.34. The summed E-state index contributed by atoms with van der Waals surface area (Å²) < 4.78 is 0. The van der Waals surface area contributed by atoms with Crippen LogP contribution in [0.25, 0.3) is 10.2 Å². The van der Waals surface area contributed by atoms with E-state index in [0.717, 1.165) is 35.6 Å². The van der Waals surface area contributed by atoms with Crippen LogP contribution >= 0.6 is 11.3 Å². The minimum absolute atomic E-state index is 0.615. The van der Waals surface area contributed by atoms with E-state index in [1.165, 1.54) is 15.8 Å². The summed E-state index contributed by atoms with van der Waals surface area (Å²) in [7, 11) is 0. The highest BCUT2D eigenvalue weighted by Gasteiger charge is 2.53. The number of thiophene rings is 1. The van der Waals surface area contributed by atoms with Gasteiger partial charge in [-0.15, -0.1) is 11.3 Å². The van der Waals surface area contributed by atoms with Gasteiger partial charge in [0.15, 0.2) is 0 Å². The smallest absolute Gasteiger partial charge is 0.138 e. The van der Waals surface area contributed by atoms with E-state index in [4.69, 9.17) is 0 Å². The molecule has 2 N–H and O–H groups in total. The molecule has 1 aliphatic carbocycles. The third-order valence-corrected chi connectivity index (χ3v) is 5.48. The molecule has 2 atom stereocenters. The molecular weight excluding hydrogens is 244 g/mol. The highest BCUT2D eigenvalue weighted by atomic mass is 32.1. The number of nitrogens with zero attached hydrogens (tertiary/aromatic N) is 2. The Balaban J connectivity index is 1.72. The van der Waals surface area contributed by atoms with E-state index in [9.17, 15) is 0 Å². The topological polar surface area (TPSA) is 49.8 Å². The summed E-state index contributed by atoms with van der Waals surface area (Å²) in [5, 5.41) is 8.27. The van der Waals surface area contributed by atoms with Gasteiger partial charge in [0.05, 0.1) is 5.39 Å². The molecule has 0 aromatic carbocycles. The summed E-state index contributed by atoms with van der Waals surface area (Å²) in [5.74, 6) is 2.63. The lowest BCUT2D eigenvalue weighted by atomic mass is 10.2. The molecule has 2 aliphatic rings.